The van der Waals surface area contributed by atoms with Gasteiger partial charge in [-0.05, 0) is 48.6 Å². The van der Waals surface area contributed by atoms with Gasteiger partial charge in [0, 0.05) is 23.9 Å². The molecule has 2 aliphatic heterocycles. The molecule has 21 heavy (non-hydrogen) atoms. The fourth-order valence-corrected chi connectivity index (χ4v) is 3.64. The lowest BCUT2D eigenvalue weighted by Gasteiger charge is -2.35. The molecule has 1 amide bonds. The second-order valence-corrected chi connectivity index (χ2v) is 5.81. The maximum absolute atomic E-state index is 12.2. The van der Waals surface area contributed by atoms with Gasteiger partial charge in [-0.15, -0.1) is 0 Å². The van der Waals surface area contributed by atoms with Gasteiger partial charge in [0.15, 0.2) is 0 Å². The van der Waals surface area contributed by atoms with Gasteiger partial charge in [0.2, 0.25) is 5.91 Å². The first-order chi connectivity index (χ1) is 10.2. The van der Waals surface area contributed by atoms with E-state index in [1.165, 1.54) is 11.1 Å². The molecule has 0 atom stereocenters. The minimum atomic E-state index is 0.231. The Bertz CT molecular complexity index is 785. The Balaban J connectivity index is 2.00. The summed E-state index contributed by atoms with van der Waals surface area (Å²) in [5, 5.41) is 10.8. The minimum absolute atomic E-state index is 0.231. The molecule has 0 spiro atoms. The molecular formula is C17H18N2O2. The number of fused-ring (bicyclic) bond motifs is 5. The van der Waals surface area contributed by atoms with E-state index in [1.54, 1.807) is 6.07 Å². The fraction of sp³-hybridized carbons (Fsp3) is 0.353. The van der Waals surface area contributed by atoms with Gasteiger partial charge >= 0.3 is 0 Å². The zero-order chi connectivity index (χ0) is 14.6. The van der Waals surface area contributed by atoms with Crippen LogP contribution in [0.15, 0.2) is 23.8 Å². The Kier molecular flexibility index (Phi) is 2.61. The highest BCUT2D eigenvalue weighted by atomic mass is 16.3. The third-order valence-electron chi connectivity index (χ3n) is 4.69. The van der Waals surface area contributed by atoms with E-state index in [0.717, 1.165) is 48.1 Å². The van der Waals surface area contributed by atoms with Crippen molar-refractivity contribution in [3.63, 3.8) is 0 Å². The summed E-state index contributed by atoms with van der Waals surface area (Å²) in [7, 11) is 0. The molecule has 4 heteroatoms. The average Bonchev–Trinajstić information content (AvgIpc) is 2.86. The average molecular weight is 282 g/mol. The summed E-state index contributed by atoms with van der Waals surface area (Å²) in [4.78, 5) is 17.6. The summed E-state index contributed by atoms with van der Waals surface area (Å²) >= 11 is 0. The van der Waals surface area contributed by atoms with Crippen molar-refractivity contribution in [1.29, 1.82) is 0 Å². The first-order valence-corrected chi connectivity index (χ1v) is 7.55. The van der Waals surface area contributed by atoms with Crippen molar-refractivity contribution in [2.45, 2.75) is 32.6 Å². The van der Waals surface area contributed by atoms with E-state index >= 15 is 0 Å². The Morgan fingerprint density at radius 1 is 1.29 bits per heavy atom. The lowest BCUT2D eigenvalue weighted by Crippen LogP contribution is -2.38. The highest BCUT2D eigenvalue weighted by Gasteiger charge is 2.33. The number of aromatic amines is 1. The highest BCUT2D eigenvalue weighted by molar-refractivity contribution is 5.96. The SMILES string of the molecule is CCC1=C2c3[nH]c4ccc(O)cc4c3CCN2C(=O)CC1. The Morgan fingerprint density at radius 3 is 2.95 bits per heavy atom. The van der Waals surface area contributed by atoms with Gasteiger partial charge in [0.05, 0.1) is 11.4 Å². The molecule has 0 saturated carbocycles. The number of amides is 1. The predicted molar refractivity (Wildman–Crippen MR) is 81.8 cm³/mol. The Hall–Kier alpha value is -2.23. The van der Waals surface area contributed by atoms with Crippen molar-refractivity contribution >= 4 is 22.5 Å². The molecule has 0 unspecified atom stereocenters. The molecule has 2 N–H and O–H groups in total. The molecule has 0 aliphatic carbocycles. The first-order valence-electron chi connectivity index (χ1n) is 7.55. The van der Waals surface area contributed by atoms with E-state index in [2.05, 4.69) is 11.9 Å². The molecule has 108 valence electrons. The quantitative estimate of drug-likeness (QED) is 0.844. The molecule has 4 nitrogen and oxygen atoms in total. The number of H-pyrrole nitrogens is 1. The number of aromatic nitrogens is 1. The van der Waals surface area contributed by atoms with Crippen molar-refractivity contribution < 1.29 is 9.90 Å². The number of benzene rings is 1. The van der Waals surface area contributed by atoms with E-state index in [4.69, 9.17) is 0 Å². The summed E-state index contributed by atoms with van der Waals surface area (Å²) < 4.78 is 0. The van der Waals surface area contributed by atoms with Crippen LogP contribution in [0.1, 0.15) is 37.4 Å². The minimum Gasteiger partial charge on any atom is -0.508 e. The lowest BCUT2D eigenvalue weighted by molar-refractivity contribution is -0.128. The molecule has 0 fully saturated rings. The van der Waals surface area contributed by atoms with Gasteiger partial charge < -0.3 is 15.0 Å². The summed E-state index contributed by atoms with van der Waals surface area (Å²) in [6, 6.07) is 5.42. The standard InChI is InChI=1S/C17H18N2O2/c1-2-10-3-6-15(21)19-8-7-12-13-9-11(20)4-5-14(13)18-16(12)17(10)19/h4-5,9,18,20H,2-3,6-8H2,1H3. The van der Waals surface area contributed by atoms with Crippen molar-refractivity contribution in [3.8, 4) is 5.75 Å². The summed E-state index contributed by atoms with van der Waals surface area (Å²) in [5.41, 5.74) is 5.78. The van der Waals surface area contributed by atoms with E-state index in [9.17, 15) is 9.90 Å². The number of hydrogen-bond acceptors (Lipinski definition) is 2. The van der Waals surface area contributed by atoms with Crippen LogP contribution in [0.2, 0.25) is 0 Å². The number of nitrogens with one attached hydrogen (secondary N) is 1. The van der Waals surface area contributed by atoms with E-state index < -0.39 is 0 Å². The van der Waals surface area contributed by atoms with Crippen molar-refractivity contribution in [2.24, 2.45) is 0 Å². The third-order valence-corrected chi connectivity index (χ3v) is 4.69. The molecule has 1 aromatic carbocycles. The van der Waals surface area contributed by atoms with Crippen LogP contribution < -0.4 is 0 Å². The van der Waals surface area contributed by atoms with Crippen LogP contribution in [0.25, 0.3) is 16.6 Å². The molecule has 2 aliphatic rings. The number of nitrogens with zero attached hydrogens (tertiary/aromatic N) is 1. The second kappa shape index (κ2) is 4.38. The smallest absolute Gasteiger partial charge is 0.227 e. The predicted octanol–water partition coefficient (Wildman–Crippen LogP) is 3.17. The van der Waals surface area contributed by atoms with Crippen molar-refractivity contribution in [1.82, 2.24) is 9.88 Å². The number of carbonyl (C=O) groups is 1. The van der Waals surface area contributed by atoms with Gasteiger partial charge in [-0.3, -0.25) is 4.79 Å². The summed E-state index contributed by atoms with van der Waals surface area (Å²) in [5.74, 6) is 0.519. The van der Waals surface area contributed by atoms with Crippen LogP contribution in [0.5, 0.6) is 5.75 Å². The third kappa shape index (κ3) is 1.71. The Morgan fingerprint density at radius 2 is 2.14 bits per heavy atom. The van der Waals surface area contributed by atoms with Gasteiger partial charge in [-0.25, -0.2) is 0 Å². The van der Waals surface area contributed by atoms with Crippen LogP contribution in [0, 0.1) is 0 Å². The monoisotopic (exact) mass is 282 g/mol. The fourth-order valence-electron chi connectivity index (χ4n) is 3.64. The number of hydrogen-bond donors (Lipinski definition) is 2. The van der Waals surface area contributed by atoms with Crippen LogP contribution in [-0.4, -0.2) is 27.4 Å². The lowest BCUT2D eigenvalue weighted by atomic mass is 9.91. The topological polar surface area (TPSA) is 56.3 Å². The number of phenolic OH excluding ortho intramolecular Hbond substituents is 1. The van der Waals surface area contributed by atoms with Gasteiger partial charge in [0.1, 0.15) is 5.75 Å². The summed E-state index contributed by atoms with van der Waals surface area (Å²) in [6.45, 7) is 2.90. The van der Waals surface area contributed by atoms with Gasteiger partial charge in [-0.2, -0.15) is 0 Å². The number of rotatable bonds is 1. The van der Waals surface area contributed by atoms with E-state index in [0.29, 0.717) is 6.42 Å². The Labute approximate surface area is 123 Å². The largest absolute Gasteiger partial charge is 0.508 e. The maximum atomic E-state index is 12.2. The molecule has 3 heterocycles. The second-order valence-electron chi connectivity index (χ2n) is 5.81. The number of phenols is 1. The molecule has 1 aromatic heterocycles. The van der Waals surface area contributed by atoms with Crippen molar-refractivity contribution in [2.75, 3.05) is 6.54 Å². The molecular weight excluding hydrogens is 264 g/mol. The molecule has 4 rings (SSSR count). The zero-order valence-corrected chi connectivity index (χ0v) is 12.1. The van der Waals surface area contributed by atoms with Gasteiger partial charge in [0.25, 0.3) is 0 Å². The molecule has 0 bridgehead atoms. The molecule has 2 aromatic rings. The van der Waals surface area contributed by atoms with Gasteiger partial charge in [-0.1, -0.05) is 6.92 Å². The maximum Gasteiger partial charge on any atom is 0.227 e. The zero-order valence-electron chi connectivity index (χ0n) is 12.1. The van der Waals surface area contributed by atoms with E-state index in [-0.39, 0.29) is 11.7 Å². The first kappa shape index (κ1) is 12.5. The van der Waals surface area contributed by atoms with Crippen LogP contribution in [0.3, 0.4) is 0 Å². The van der Waals surface area contributed by atoms with Crippen LogP contribution in [-0.2, 0) is 11.2 Å². The molecule has 0 saturated heterocycles. The normalized spacial score (nSPS) is 18.1. The molecule has 0 radical (unpaired) electrons. The number of aromatic hydroxyl groups is 1. The number of allylic oxidation sites excluding steroid dienone is 1. The summed E-state index contributed by atoms with van der Waals surface area (Å²) in [6.07, 6.45) is 3.30. The number of carbonyl (C=O) groups excluding carboxylic acids is 1. The van der Waals surface area contributed by atoms with Crippen molar-refractivity contribution in [3.05, 3.63) is 35.0 Å². The van der Waals surface area contributed by atoms with E-state index in [1.807, 2.05) is 17.0 Å². The highest BCUT2D eigenvalue weighted by Crippen LogP contribution is 2.40. The van der Waals surface area contributed by atoms with Crippen LogP contribution >= 0.6 is 0 Å². The van der Waals surface area contributed by atoms with Crippen LogP contribution in [0.4, 0.5) is 0 Å².